The second-order valence-corrected chi connectivity index (χ2v) is 9.33. The molecule has 0 amide bonds. The van der Waals surface area contributed by atoms with E-state index in [1.807, 2.05) is 24.4 Å². The Hall–Kier alpha value is -2.73. The van der Waals surface area contributed by atoms with Gasteiger partial charge in [-0.1, -0.05) is 17.3 Å². The van der Waals surface area contributed by atoms with Gasteiger partial charge in [-0.15, -0.1) is 5.10 Å². The van der Waals surface area contributed by atoms with Gasteiger partial charge in [-0.25, -0.2) is 17.5 Å². The third kappa shape index (κ3) is 5.36. The first-order valence-corrected chi connectivity index (χ1v) is 11.8. The van der Waals surface area contributed by atoms with Crippen LogP contribution < -0.4 is 4.72 Å². The average molecular weight is 462 g/mol. The third-order valence-corrected chi connectivity index (χ3v) is 6.84. The van der Waals surface area contributed by atoms with Gasteiger partial charge in [-0.05, 0) is 49.6 Å². The largest absolute Gasteiger partial charge is 0.394 e. The van der Waals surface area contributed by atoms with Gasteiger partial charge in [0.05, 0.1) is 41.6 Å². The van der Waals surface area contributed by atoms with Crippen molar-refractivity contribution in [2.75, 3.05) is 6.61 Å². The van der Waals surface area contributed by atoms with E-state index in [1.165, 1.54) is 18.2 Å². The van der Waals surface area contributed by atoms with Crippen molar-refractivity contribution in [3.05, 3.63) is 60.7 Å². The minimum atomic E-state index is -3.93. The lowest BCUT2D eigenvalue weighted by Gasteiger charge is -2.36. The van der Waals surface area contributed by atoms with Crippen molar-refractivity contribution in [1.82, 2.24) is 24.7 Å². The molecule has 1 aromatic carbocycles. The molecule has 3 atom stereocenters. The fourth-order valence-electron chi connectivity index (χ4n) is 3.70. The van der Waals surface area contributed by atoms with Crippen molar-refractivity contribution in [2.45, 2.75) is 49.0 Å². The van der Waals surface area contributed by atoms with E-state index in [0.717, 1.165) is 11.8 Å². The van der Waals surface area contributed by atoms with Crippen molar-refractivity contribution in [3.8, 4) is 11.4 Å². The summed E-state index contributed by atoms with van der Waals surface area (Å²) in [6.45, 7) is 0.225. The fraction of sp³-hybridized carbons (Fsp3) is 0.381. The molecule has 1 fully saturated rings. The number of aromatic nitrogens is 4. The molecule has 0 unspecified atom stereocenters. The van der Waals surface area contributed by atoms with E-state index >= 15 is 0 Å². The number of halogens is 1. The van der Waals surface area contributed by atoms with Crippen LogP contribution in [0.4, 0.5) is 4.39 Å². The third-order valence-electron chi connectivity index (χ3n) is 5.35. The lowest BCUT2D eigenvalue weighted by Crippen LogP contribution is -2.50. The van der Waals surface area contributed by atoms with Gasteiger partial charge in [0, 0.05) is 12.7 Å². The molecule has 2 aromatic heterocycles. The Morgan fingerprint density at radius 3 is 2.81 bits per heavy atom. The molecule has 3 heterocycles. The summed E-state index contributed by atoms with van der Waals surface area (Å²) in [5, 5.41) is 18.0. The Balaban J connectivity index is 1.33. The molecule has 4 rings (SSSR count). The van der Waals surface area contributed by atoms with Gasteiger partial charge in [0.1, 0.15) is 11.5 Å². The zero-order chi connectivity index (χ0) is 22.6. The average Bonchev–Trinajstić information content (AvgIpc) is 3.28. The van der Waals surface area contributed by atoms with E-state index in [-0.39, 0.29) is 17.6 Å². The summed E-state index contributed by atoms with van der Waals surface area (Å²) < 4.78 is 48.8. The van der Waals surface area contributed by atoms with Gasteiger partial charge in [0.15, 0.2) is 0 Å². The minimum absolute atomic E-state index is 0.161. The van der Waals surface area contributed by atoms with Gasteiger partial charge in [-0.2, -0.15) is 0 Å². The maximum Gasteiger partial charge on any atom is 0.241 e. The van der Waals surface area contributed by atoms with Crippen molar-refractivity contribution in [1.29, 1.82) is 0 Å². The molecule has 11 heteroatoms. The predicted molar refractivity (Wildman–Crippen MR) is 113 cm³/mol. The van der Waals surface area contributed by atoms with Crippen molar-refractivity contribution >= 4 is 10.0 Å². The van der Waals surface area contributed by atoms with Crippen LogP contribution in [-0.4, -0.2) is 58.4 Å². The first-order valence-electron chi connectivity index (χ1n) is 10.3. The molecule has 0 radical (unpaired) electrons. The number of nitrogens with zero attached hydrogens (tertiary/aromatic N) is 4. The number of aliphatic hydroxyl groups excluding tert-OH is 1. The zero-order valence-electron chi connectivity index (χ0n) is 17.2. The molecule has 0 spiro atoms. The second kappa shape index (κ2) is 9.82. The molecule has 170 valence electrons. The van der Waals surface area contributed by atoms with Gasteiger partial charge >= 0.3 is 0 Å². The molecular weight excluding hydrogens is 437 g/mol. The van der Waals surface area contributed by atoms with E-state index in [0.29, 0.717) is 31.5 Å². The SMILES string of the molecule is O=S(=O)(N[C@@H]1CC[C@@H](CCn2cc(-c3ccccn3)nn2)O[C@@H]1CO)c1cccc(F)c1. The molecule has 32 heavy (non-hydrogen) atoms. The van der Waals surface area contributed by atoms with Crippen molar-refractivity contribution in [2.24, 2.45) is 0 Å². The Morgan fingerprint density at radius 1 is 1.19 bits per heavy atom. The number of ether oxygens (including phenoxy) is 1. The molecule has 2 N–H and O–H groups in total. The Labute approximate surface area is 185 Å². The van der Waals surface area contributed by atoms with Gasteiger partial charge in [-0.3, -0.25) is 9.67 Å². The zero-order valence-corrected chi connectivity index (χ0v) is 18.0. The van der Waals surface area contributed by atoms with Crippen molar-refractivity contribution < 1.29 is 22.7 Å². The molecule has 3 aromatic rings. The monoisotopic (exact) mass is 461 g/mol. The normalized spacial score (nSPS) is 21.5. The molecular formula is C21H24FN5O4S. The number of hydrogen-bond donors (Lipinski definition) is 2. The number of pyridine rings is 1. The van der Waals surface area contributed by atoms with Gasteiger partial charge < -0.3 is 9.84 Å². The molecule has 9 nitrogen and oxygen atoms in total. The predicted octanol–water partition coefficient (Wildman–Crippen LogP) is 1.76. The summed E-state index contributed by atoms with van der Waals surface area (Å²) in [4.78, 5) is 4.09. The summed E-state index contributed by atoms with van der Waals surface area (Å²) in [5.41, 5.74) is 1.41. The molecule has 0 saturated carbocycles. The summed E-state index contributed by atoms with van der Waals surface area (Å²) in [6.07, 6.45) is 4.37. The second-order valence-electron chi connectivity index (χ2n) is 7.61. The van der Waals surface area contributed by atoms with Crippen LogP contribution in [0.1, 0.15) is 19.3 Å². The Bertz CT molecular complexity index is 1140. The van der Waals surface area contributed by atoms with Crippen molar-refractivity contribution in [3.63, 3.8) is 0 Å². The summed E-state index contributed by atoms with van der Waals surface area (Å²) in [5.74, 6) is -0.633. The number of aryl methyl sites for hydroxylation is 1. The number of rotatable bonds is 8. The standard InChI is InChI=1S/C21H24FN5O4S/c22-15-4-3-5-17(12-15)32(29,30)25-19-8-7-16(31-21(19)14-28)9-11-27-13-20(24-26-27)18-6-1-2-10-23-18/h1-6,10,12-13,16,19,21,25,28H,7-9,11,14H2/t16-,19+,21+/m0/s1. The summed E-state index contributed by atoms with van der Waals surface area (Å²) >= 11 is 0. The summed E-state index contributed by atoms with van der Waals surface area (Å²) in [7, 11) is -3.93. The van der Waals surface area contributed by atoms with Crippen LogP contribution in [0.2, 0.25) is 0 Å². The highest BCUT2D eigenvalue weighted by atomic mass is 32.2. The maximum absolute atomic E-state index is 13.4. The quantitative estimate of drug-likeness (QED) is 0.525. The molecule has 0 aliphatic carbocycles. The number of sulfonamides is 1. The molecule has 1 aliphatic heterocycles. The topological polar surface area (TPSA) is 119 Å². The lowest BCUT2D eigenvalue weighted by atomic mass is 9.98. The van der Waals surface area contributed by atoms with E-state index in [2.05, 4.69) is 20.0 Å². The van der Waals surface area contributed by atoms with Crippen LogP contribution in [0.3, 0.4) is 0 Å². The summed E-state index contributed by atoms with van der Waals surface area (Å²) in [6, 6.07) is 9.76. The highest BCUT2D eigenvalue weighted by Crippen LogP contribution is 2.24. The van der Waals surface area contributed by atoms with Crippen LogP contribution in [0, 0.1) is 5.82 Å². The molecule has 0 bridgehead atoms. The van der Waals surface area contributed by atoms with E-state index in [1.54, 1.807) is 10.9 Å². The molecule has 1 aliphatic rings. The Kier molecular flexibility index (Phi) is 6.89. The van der Waals surface area contributed by atoms with E-state index in [9.17, 15) is 17.9 Å². The van der Waals surface area contributed by atoms with Crippen LogP contribution in [-0.2, 0) is 21.3 Å². The molecule has 1 saturated heterocycles. The lowest BCUT2D eigenvalue weighted by molar-refractivity contribution is -0.0891. The number of nitrogens with one attached hydrogen (secondary N) is 1. The van der Waals surface area contributed by atoms with Gasteiger partial charge in [0.2, 0.25) is 10.0 Å². The first kappa shape index (κ1) is 22.5. The van der Waals surface area contributed by atoms with E-state index < -0.39 is 28.0 Å². The number of benzene rings is 1. The highest BCUT2D eigenvalue weighted by molar-refractivity contribution is 7.89. The first-order chi connectivity index (χ1) is 15.4. The number of aliphatic hydroxyl groups is 1. The van der Waals surface area contributed by atoms with Gasteiger partial charge in [0.25, 0.3) is 0 Å². The number of hydrogen-bond acceptors (Lipinski definition) is 7. The minimum Gasteiger partial charge on any atom is -0.394 e. The fourth-order valence-corrected chi connectivity index (χ4v) is 5.03. The maximum atomic E-state index is 13.4. The Morgan fingerprint density at radius 2 is 2.06 bits per heavy atom. The van der Waals surface area contributed by atoms with Crippen LogP contribution in [0.5, 0.6) is 0 Å². The highest BCUT2D eigenvalue weighted by Gasteiger charge is 2.34. The van der Waals surface area contributed by atoms with Crippen LogP contribution in [0.15, 0.2) is 59.8 Å². The van der Waals surface area contributed by atoms with E-state index in [4.69, 9.17) is 4.74 Å². The van der Waals surface area contributed by atoms with Crippen LogP contribution in [0.25, 0.3) is 11.4 Å². The smallest absolute Gasteiger partial charge is 0.241 e. The van der Waals surface area contributed by atoms with Crippen LogP contribution >= 0.6 is 0 Å².